The van der Waals surface area contributed by atoms with Crippen LogP contribution in [0.4, 0.5) is 5.69 Å². The Morgan fingerprint density at radius 1 is 1.40 bits per heavy atom. The van der Waals surface area contributed by atoms with E-state index in [4.69, 9.17) is 10.8 Å². The molecule has 0 aromatic heterocycles. The van der Waals surface area contributed by atoms with E-state index in [0.717, 1.165) is 18.4 Å². The van der Waals surface area contributed by atoms with Gasteiger partial charge < -0.3 is 16.2 Å². The van der Waals surface area contributed by atoms with Gasteiger partial charge in [0.2, 0.25) is 0 Å². The number of hydrogen-bond acceptors (Lipinski definition) is 3. The van der Waals surface area contributed by atoms with Gasteiger partial charge in [0.15, 0.2) is 0 Å². The monoisotopic (exact) mass is 276 g/mol. The lowest BCUT2D eigenvalue weighted by molar-refractivity contribution is -0.142. The molecular weight excluding hydrogens is 256 g/mol. The molecule has 1 aliphatic rings. The lowest BCUT2D eigenvalue weighted by Gasteiger charge is -2.17. The molecule has 2 rings (SSSR count). The smallest absolute Gasteiger partial charge is 0.306 e. The lowest BCUT2D eigenvalue weighted by Crippen LogP contribution is -2.33. The van der Waals surface area contributed by atoms with E-state index in [1.807, 2.05) is 0 Å². The van der Waals surface area contributed by atoms with E-state index >= 15 is 0 Å². The number of carbonyl (C=O) groups is 2. The van der Waals surface area contributed by atoms with Gasteiger partial charge in [0.25, 0.3) is 5.91 Å². The van der Waals surface area contributed by atoms with Crippen LogP contribution in [-0.2, 0) is 4.79 Å². The van der Waals surface area contributed by atoms with Gasteiger partial charge in [-0.2, -0.15) is 0 Å². The van der Waals surface area contributed by atoms with Crippen molar-refractivity contribution in [3.8, 4) is 0 Å². The van der Waals surface area contributed by atoms with E-state index < -0.39 is 5.97 Å². The molecule has 0 saturated heterocycles. The third kappa shape index (κ3) is 2.92. The summed E-state index contributed by atoms with van der Waals surface area (Å²) in [5, 5.41) is 12.0. The van der Waals surface area contributed by atoms with Crippen LogP contribution in [-0.4, -0.2) is 23.5 Å². The summed E-state index contributed by atoms with van der Waals surface area (Å²) in [6, 6.07) is 5.22. The van der Waals surface area contributed by atoms with E-state index in [-0.39, 0.29) is 17.7 Å². The van der Waals surface area contributed by atoms with Crippen LogP contribution in [0.2, 0.25) is 0 Å². The highest BCUT2D eigenvalue weighted by molar-refractivity contribution is 5.96. The molecule has 5 nitrogen and oxygen atoms in total. The van der Waals surface area contributed by atoms with Crippen molar-refractivity contribution < 1.29 is 14.7 Å². The van der Waals surface area contributed by atoms with Crippen LogP contribution in [0, 0.1) is 18.8 Å². The molecule has 0 aliphatic heterocycles. The van der Waals surface area contributed by atoms with Crippen LogP contribution in [0.5, 0.6) is 0 Å². The molecule has 2 unspecified atom stereocenters. The first-order valence-electron chi connectivity index (χ1n) is 6.86. The standard InChI is InChI=1S/C15H20N2O3/c1-9-11(5-3-7-13(9)16)14(18)17-8-10-4-2-6-12(10)15(19)20/h3,5,7,10,12H,2,4,6,8,16H2,1H3,(H,17,18)(H,19,20). The van der Waals surface area contributed by atoms with Gasteiger partial charge >= 0.3 is 5.97 Å². The second-order valence-corrected chi connectivity index (χ2v) is 5.37. The maximum absolute atomic E-state index is 12.1. The number of carbonyl (C=O) groups excluding carboxylic acids is 1. The van der Waals surface area contributed by atoms with Gasteiger partial charge in [0.05, 0.1) is 5.92 Å². The van der Waals surface area contributed by atoms with E-state index in [9.17, 15) is 9.59 Å². The Morgan fingerprint density at radius 3 is 2.85 bits per heavy atom. The molecule has 2 atom stereocenters. The molecule has 0 bridgehead atoms. The Bertz CT molecular complexity index is 528. The largest absolute Gasteiger partial charge is 0.481 e. The fraction of sp³-hybridized carbons (Fsp3) is 0.467. The van der Waals surface area contributed by atoms with E-state index in [1.165, 1.54) is 0 Å². The van der Waals surface area contributed by atoms with Crippen molar-refractivity contribution in [2.24, 2.45) is 11.8 Å². The minimum Gasteiger partial charge on any atom is -0.481 e. The molecule has 1 amide bonds. The fourth-order valence-electron chi connectivity index (χ4n) is 2.82. The van der Waals surface area contributed by atoms with Crippen LogP contribution in [0.1, 0.15) is 35.2 Å². The number of amides is 1. The van der Waals surface area contributed by atoms with Gasteiger partial charge in [-0.25, -0.2) is 0 Å². The number of aliphatic carboxylic acids is 1. The number of nitrogens with one attached hydrogen (secondary N) is 1. The number of anilines is 1. The molecule has 1 aliphatic carbocycles. The number of nitrogens with two attached hydrogens (primary N) is 1. The molecule has 0 spiro atoms. The van der Waals surface area contributed by atoms with E-state index in [0.29, 0.717) is 24.2 Å². The van der Waals surface area contributed by atoms with Gasteiger partial charge in [-0.3, -0.25) is 9.59 Å². The zero-order valence-corrected chi connectivity index (χ0v) is 11.6. The summed E-state index contributed by atoms with van der Waals surface area (Å²) >= 11 is 0. The number of rotatable bonds is 4. The van der Waals surface area contributed by atoms with Gasteiger partial charge in [-0.05, 0) is 43.4 Å². The summed E-state index contributed by atoms with van der Waals surface area (Å²) in [7, 11) is 0. The number of carboxylic acids is 1. The molecule has 20 heavy (non-hydrogen) atoms. The molecule has 0 radical (unpaired) electrons. The predicted octanol–water partition coefficient (Wildman–Crippen LogP) is 1.81. The topological polar surface area (TPSA) is 92.4 Å². The number of hydrogen-bond donors (Lipinski definition) is 3. The van der Waals surface area contributed by atoms with Gasteiger partial charge in [-0.1, -0.05) is 12.5 Å². The number of carboxylic acid groups (broad SMARTS) is 1. The molecular formula is C15H20N2O3. The van der Waals surface area contributed by atoms with Crippen molar-refractivity contribution in [1.82, 2.24) is 5.32 Å². The third-order valence-corrected chi connectivity index (χ3v) is 4.12. The molecule has 108 valence electrons. The van der Waals surface area contributed by atoms with Crippen molar-refractivity contribution >= 4 is 17.6 Å². The van der Waals surface area contributed by atoms with E-state index in [1.54, 1.807) is 25.1 Å². The zero-order valence-electron chi connectivity index (χ0n) is 11.6. The van der Waals surface area contributed by atoms with Crippen LogP contribution < -0.4 is 11.1 Å². The summed E-state index contributed by atoms with van der Waals surface area (Å²) in [6.45, 7) is 2.21. The summed E-state index contributed by atoms with van der Waals surface area (Å²) < 4.78 is 0. The van der Waals surface area contributed by atoms with Gasteiger partial charge in [0, 0.05) is 17.8 Å². The zero-order chi connectivity index (χ0) is 14.7. The first-order valence-corrected chi connectivity index (χ1v) is 6.86. The SMILES string of the molecule is Cc1c(N)cccc1C(=O)NCC1CCCC1C(=O)O. The third-order valence-electron chi connectivity index (χ3n) is 4.12. The molecule has 5 heteroatoms. The molecule has 4 N–H and O–H groups in total. The van der Waals surface area contributed by atoms with Crippen LogP contribution >= 0.6 is 0 Å². The average molecular weight is 276 g/mol. The van der Waals surface area contributed by atoms with E-state index in [2.05, 4.69) is 5.32 Å². The van der Waals surface area contributed by atoms with Crippen molar-refractivity contribution in [2.45, 2.75) is 26.2 Å². The molecule has 1 fully saturated rings. The Balaban J connectivity index is 1.99. The maximum atomic E-state index is 12.1. The first kappa shape index (κ1) is 14.4. The highest BCUT2D eigenvalue weighted by Crippen LogP contribution is 2.31. The Hall–Kier alpha value is -2.04. The second-order valence-electron chi connectivity index (χ2n) is 5.37. The Morgan fingerprint density at radius 2 is 2.15 bits per heavy atom. The van der Waals surface area contributed by atoms with Crippen molar-refractivity contribution in [3.63, 3.8) is 0 Å². The fourth-order valence-corrected chi connectivity index (χ4v) is 2.82. The lowest BCUT2D eigenvalue weighted by atomic mass is 9.96. The highest BCUT2D eigenvalue weighted by atomic mass is 16.4. The van der Waals surface area contributed by atoms with Crippen molar-refractivity contribution in [3.05, 3.63) is 29.3 Å². The highest BCUT2D eigenvalue weighted by Gasteiger charge is 2.32. The molecule has 1 aromatic rings. The van der Waals surface area contributed by atoms with Crippen molar-refractivity contribution in [1.29, 1.82) is 0 Å². The van der Waals surface area contributed by atoms with Gasteiger partial charge in [-0.15, -0.1) is 0 Å². The Labute approximate surface area is 118 Å². The Kier molecular flexibility index (Phi) is 4.27. The number of nitrogen functional groups attached to an aromatic ring is 1. The first-order chi connectivity index (χ1) is 9.50. The number of benzene rings is 1. The average Bonchev–Trinajstić information content (AvgIpc) is 2.87. The molecule has 1 saturated carbocycles. The maximum Gasteiger partial charge on any atom is 0.306 e. The normalized spacial score (nSPS) is 21.6. The van der Waals surface area contributed by atoms with Crippen LogP contribution in [0.15, 0.2) is 18.2 Å². The van der Waals surface area contributed by atoms with Crippen LogP contribution in [0.3, 0.4) is 0 Å². The van der Waals surface area contributed by atoms with Crippen molar-refractivity contribution in [2.75, 3.05) is 12.3 Å². The minimum atomic E-state index is -0.762. The summed E-state index contributed by atoms with van der Waals surface area (Å²) in [5.74, 6) is -1.26. The van der Waals surface area contributed by atoms with Gasteiger partial charge in [0.1, 0.15) is 0 Å². The predicted molar refractivity (Wildman–Crippen MR) is 76.4 cm³/mol. The minimum absolute atomic E-state index is 0.0258. The summed E-state index contributed by atoms with van der Waals surface area (Å²) in [5.41, 5.74) is 7.67. The summed E-state index contributed by atoms with van der Waals surface area (Å²) in [6.07, 6.45) is 2.47. The second kappa shape index (κ2) is 5.94. The van der Waals surface area contributed by atoms with Crippen LogP contribution in [0.25, 0.3) is 0 Å². The summed E-state index contributed by atoms with van der Waals surface area (Å²) in [4.78, 5) is 23.2. The quantitative estimate of drug-likeness (QED) is 0.731. The molecule has 0 heterocycles. The molecule has 1 aromatic carbocycles.